The first-order valence-corrected chi connectivity index (χ1v) is 6.96. The van der Waals surface area contributed by atoms with Crippen LogP contribution >= 0.6 is 0 Å². The van der Waals surface area contributed by atoms with Crippen molar-refractivity contribution in [3.8, 4) is 11.8 Å². The summed E-state index contributed by atoms with van der Waals surface area (Å²) in [6.45, 7) is 7.66. The Bertz CT molecular complexity index is 498. The van der Waals surface area contributed by atoms with Crippen molar-refractivity contribution < 1.29 is 4.79 Å². The fraction of sp³-hybridized carbons (Fsp3) is 0.438. The molecule has 0 saturated carbocycles. The van der Waals surface area contributed by atoms with Crippen molar-refractivity contribution in [1.29, 1.82) is 0 Å². The predicted octanol–water partition coefficient (Wildman–Crippen LogP) is 2.11. The first-order chi connectivity index (χ1) is 9.62. The summed E-state index contributed by atoms with van der Waals surface area (Å²) < 4.78 is 0. The van der Waals surface area contributed by atoms with Crippen LogP contribution in [-0.2, 0) is 0 Å². The van der Waals surface area contributed by atoms with E-state index < -0.39 is 0 Å². The summed E-state index contributed by atoms with van der Waals surface area (Å²) in [7, 11) is 0. The number of hydrogen-bond donors (Lipinski definition) is 2. The van der Waals surface area contributed by atoms with E-state index in [2.05, 4.69) is 17.2 Å². The summed E-state index contributed by atoms with van der Waals surface area (Å²) >= 11 is 0. The molecule has 4 nitrogen and oxygen atoms in total. The summed E-state index contributed by atoms with van der Waals surface area (Å²) in [5.41, 5.74) is 7.32. The van der Waals surface area contributed by atoms with Gasteiger partial charge in [0.05, 0.1) is 12.6 Å². The molecule has 1 rings (SSSR count). The van der Waals surface area contributed by atoms with Gasteiger partial charge in [0, 0.05) is 18.7 Å². The molecular formula is C16H23N3O. The zero-order chi connectivity index (χ0) is 15.0. The van der Waals surface area contributed by atoms with Crippen molar-refractivity contribution >= 4 is 6.03 Å². The third kappa shape index (κ3) is 4.60. The van der Waals surface area contributed by atoms with Gasteiger partial charge in [-0.2, -0.15) is 0 Å². The minimum Gasteiger partial charge on any atom is -0.331 e. The third-order valence-corrected chi connectivity index (χ3v) is 3.11. The Balaban J connectivity index is 2.77. The van der Waals surface area contributed by atoms with Crippen LogP contribution in [0.1, 0.15) is 37.9 Å². The zero-order valence-electron chi connectivity index (χ0n) is 12.4. The van der Waals surface area contributed by atoms with Crippen molar-refractivity contribution in [2.45, 2.75) is 26.8 Å². The highest BCUT2D eigenvalue weighted by Crippen LogP contribution is 2.14. The topological polar surface area (TPSA) is 58.4 Å². The quantitative estimate of drug-likeness (QED) is 0.825. The van der Waals surface area contributed by atoms with Crippen LogP contribution in [0.15, 0.2) is 24.3 Å². The minimum absolute atomic E-state index is 0.0408. The lowest BCUT2D eigenvalue weighted by Gasteiger charge is -2.22. The molecule has 0 aliphatic carbocycles. The summed E-state index contributed by atoms with van der Waals surface area (Å²) in [6.07, 6.45) is 0. The summed E-state index contributed by atoms with van der Waals surface area (Å²) in [4.78, 5) is 13.8. The highest BCUT2D eigenvalue weighted by Gasteiger charge is 2.13. The van der Waals surface area contributed by atoms with E-state index in [1.807, 2.05) is 45.0 Å². The van der Waals surface area contributed by atoms with Crippen LogP contribution in [0.3, 0.4) is 0 Å². The molecule has 20 heavy (non-hydrogen) atoms. The number of benzene rings is 1. The van der Waals surface area contributed by atoms with Gasteiger partial charge < -0.3 is 16.0 Å². The van der Waals surface area contributed by atoms with Crippen molar-refractivity contribution in [3.05, 3.63) is 35.4 Å². The lowest BCUT2D eigenvalue weighted by molar-refractivity contribution is 0.200. The van der Waals surface area contributed by atoms with Crippen LogP contribution in [0, 0.1) is 11.8 Å². The monoisotopic (exact) mass is 273 g/mol. The molecule has 1 aromatic carbocycles. The van der Waals surface area contributed by atoms with Gasteiger partial charge in [0.2, 0.25) is 0 Å². The van der Waals surface area contributed by atoms with E-state index in [9.17, 15) is 4.79 Å². The van der Waals surface area contributed by atoms with Crippen LogP contribution < -0.4 is 11.1 Å². The standard InChI is InChI=1S/C16H23N3O/c1-4-19(5-2)16(20)18-13(3)15-10-6-8-14(12-15)9-7-11-17/h6,8,10,12-13H,4-5,11,17H2,1-3H3,(H,18,20). The number of nitrogens with two attached hydrogens (primary N) is 1. The van der Waals surface area contributed by atoms with Crippen LogP contribution in [0.2, 0.25) is 0 Å². The minimum atomic E-state index is -0.0530. The highest BCUT2D eigenvalue weighted by atomic mass is 16.2. The van der Waals surface area contributed by atoms with Crippen LogP contribution in [0.5, 0.6) is 0 Å². The van der Waals surface area contributed by atoms with Crippen LogP contribution in [0.4, 0.5) is 4.79 Å². The molecule has 3 N–H and O–H groups in total. The molecule has 0 aliphatic heterocycles. The molecule has 108 valence electrons. The van der Waals surface area contributed by atoms with Crippen molar-refractivity contribution in [2.24, 2.45) is 5.73 Å². The molecule has 2 amide bonds. The molecule has 0 saturated heterocycles. The smallest absolute Gasteiger partial charge is 0.317 e. The van der Waals surface area contributed by atoms with E-state index in [0.29, 0.717) is 19.6 Å². The first-order valence-electron chi connectivity index (χ1n) is 6.96. The lowest BCUT2D eigenvalue weighted by atomic mass is 10.1. The second kappa shape index (κ2) is 8.23. The van der Waals surface area contributed by atoms with Gasteiger partial charge in [-0.05, 0) is 38.5 Å². The SMILES string of the molecule is CCN(CC)C(=O)NC(C)c1cccc(C#CCN)c1. The fourth-order valence-electron chi connectivity index (χ4n) is 1.91. The number of carbonyl (C=O) groups is 1. The van der Waals surface area contributed by atoms with E-state index in [4.69, 9.17) is 5.73 Å². The van der Waals surface area contributed by atoms with E-state index in [1.165, 1.54) is 0 Å². The zero-order valence-corrected chi connectivity index (χ0v) is 12.4. The fourth-order valence-corrected chi connectivity index (χ4v) is 1.91. The molecule has 0 aliphatic rings. The maximum Gasteiger partial charge on any atom is 0.317 e. The number of carbonyl (C=O) groups excluding carboxylic acids is 1. The Morgan fingerprint density at radius 1 is 1.40 bits per heavy atom. The third-order valence-electron chi connectivity index (χ3n) is 3.11. The van der Waals surface area contributed by atoms with E-state index in [0.717, 1.165) is 11.1 Å². The molecule has 0 heterocycles. The molecule has 0 spiro atoms. The molecule has 4 heteroatoms. The van der Waals surface area contributed by atoms with Gasteiger partial charge in [0.1, 0.15) is 0 Å². The lowest BCUT2D eigenvalue weighted by Crippen LogP contribution is -2.40. The van der Waals surface area contributed by atoms with Gasteiger partial charge in [-0.3, -0.25) is 0 Å². The molecule has 1 atom stereocenters. The van der Waals surface area contributed by atoms with E-state index >= 15 is 0 Å². The Labute approximate surface area is 121 Å². The van der Waals surface area contributed by atoms with Crippen molar-refractivity contribution in [1.82, 2.24) is 10.2 Å². The number of nitrogens with one attached hydrogen (secondary N) is 1. The number of nitrogens with zero attached hydrogens (tertiary/aromatic N) is 1. The van der Waals surface area contributed by atoms with Crippen molar-refractivity contribution in [2.75, 3.05) is 19.6 Å². The first kappa shape index (κ1) is 16.1. The second-order valence-corrected chi connectivity index (χ2v) is 4.47. The molecule has 1 aromatic rings. The Morgan fingerprint density at radius 2 is 2.10 bits per heavy atom. The molecular weight excluding hydrogens is 250 g/mol. The average molecular weight is 273 g/mol. The van der Waals surface area contributed by atoms with Crippen LogP contribution in [0.25, 0.3) is 0 Å². The number of amides is 2. The maximum atomic E-state index is 12.0. The molecule has 0 radical (unpaired) electrons. The van der Waals surface area contributed by atoms with Gasteiger partial charge >= 0.3 is 6.03 Å². The number of urea groups is 1. The average Bonchev–Trinajstić information content (AvgIpc) is 2.46. The van der Waals surface area contributed by atoms with Gasteiger partial charge in [-0.1, -0.05) is 24.0 Å². The summed E-state index contributed by atoms with van der Waals surface area (Å²) in [6, 6.07) is 7.75. The van der Waals surface area contributed by atoms with Gasteiger partial charge in [0.15, 0.2) is 0 Å². The normalized spacial score (nSPS) is 11.2. The molecule has 1 unspecified atom stereocenters. The Hall–Kier alpha value is -1.99. The predicted molar refractivity (Wildman–Crippen MR) is 82.2 cm³/mol. The van der Waals surface area contributed by atoms with Gasteiger partial charge in [0.25, 0.3) is 0 Å². The van der Waals surface area contributed by atoms with E-state index in [-0.39, 0.29) is 12.1 Å². The van der Waals surface area contributed by atoms with Crippen molar-refractivity contribution in [3.63, 3.8) is 0 Å². The molecule has 0 fully saturated rings. The Morgan fingerprint density at radius 3 is 2.70 bits per heavy atom. The molecule has 0 aromatic heterocycles. The van der Waals surface area contributed by atoms with Gasteiger partial charge in [-0.15, -0.1) is 0 Å². The second-order valence-electron chi connectivity index (χ2n) is 4.47. The van der Waals surface area contributed by atoms with Crippen LogP contribution in [-0.4, -0.2) is 30.6 Å². The van der Waals surface area contributed by atoms with E-state index in [1.54, 1.807) is 4.90 Å². The summed E-state index contributed by atoms with van der Waals surface area (Å²) in [5.74, 6) is 5.83. The highest BCUT2D eigenvalue weighted by molar-refractivity contribution is 5.74. The van der Waals surface area contributed by atoms with Gasteiger partial charge in [-0.25, -0.2) is 4.79 Å². The number of hydrogen-bond acceptors (Lipinski definition) is 2. The molecule has 0 bridgehead atoms. The summed E-state index contributed by atoms with van der Waals surface area (Å²) in [5, 5.41) is 3.00. The Kier molecular flexibility index (Phi) is 6.61. The number of rotatable bonds is 4. The largest absolute Gasteiger partial charge is 0.331 e. The maximum absolute atomic E-state index is 12.0.